The Bertz CT molecular complexity index is 272. The first-order chi connectivity index (χ1) is 6.33. The lowest BCUT2D eigenvalue weighted by Gasteiger charge is -1.98. The van der Waals surface area contributed by atoms with Crippen LogP contribution in [0, 0.1) is 0 Å². The Morgan fingerprint density at radius 3 is 2.69 bits per heavy atom. The third-order valence-corrected chi connectivity index (χ3v) is 2.19. The normalized spacial score (nSPS) is 11.4. The predicted molar refractivity (Wildman–Crippen MR) is 58.1 cm³/mol. The molecule has 1 rings (SSSR count). The maximum absolute atomic E-state index is 4.63. The van der Waals surface area contributed by atoms with Gasteiger partial charge in [0.15, 0.2) is 0 Å². The molecular formula is C10H12BrNO. The highest BCUT2D eigenvalue weighted by molar-refractivity contribution is 9.18. The molecule has 0 atom stereocenters. The van der Waals surface area contributed by atoms with Crippen LogP contribution < -0.4 is 0 Å². The van der Waals surface area contributed by atoms with Crippen molar-refractivity contribution in [3.05, 3.63) is 35.9 Å². The summed E-state index contributed by atoms with van der Waals surface area (Å²) in [5.74, 6) is 0. The maximum Gasteiger partial charge on any atom is 0.122 e. The zero-order valence-corrected chi connectivity index (χ0v) is 9.12. The fraction of sp³-hybridized carbons (Fsp3) is 0.300. The number of halogens is 1. The predicted octanol–water partition coefficient (Wildman–Crippen LogP) is 2.97. The van der Waals surface area contributed by atoms with Crippen molar-refractivity contribution in [3.63, 3.8) is 0 Å². The molecule has 2 nitrogen and oxygen atoms in total. The lowest BCUT2D eigenvalue weighted by atomic mass is 10.1. The molecule has 0 saturated carbocycles. The molecule has 3 heteroatoms. The van der Waals surface area contributed by atoms with Crippen molar-refractivity contribution in [2.24, 2.45) is 5.16 Å². The van der Waals surface area contributed by atoms with E-state index in [0.29, 0.717) is 0 Å². The molecule has 0 spiro atoms. The third-order valence-electron chi connectivity index (χ3n) is 1.65. The van der Waals surface area contributed by atoms with Gasteiger partial charge in [0.25, 0.3) is 0 Å². The van der Waals surface area contributed by atoms with E-state index in [-0.39, 0.29) is 0 Å². The second kappa shape index (κ2) is 5.75. The zero-order chi connectivity index (χ0) is 9.52. The molecule has 70 valence electrons. The molecule has 0 fully saturated rings. The topological polar surface area (TPSA) is 21.6 Å². The minimum atomic E-state index is 0.846. The van der Waals surface area contributed by atoms with E-state index in [9.17, 15) is 0 Å². The van der Waals surface area contributed by atoms with Crippen LogP contribution in [0.15, 0.2) is 35.5 Å². The Morgan fingerprint density at radius 1 is 1.38 bits per heavy atom. The molecule has 0 aliphatic rings. The summed E-state index contributed by atoms with van der Waals surface area (Å²) in [6, 6.07) is 10.3. The van der Waals surface area contributed by atoms with Crippen molar-refractivity contribution in [1.29, 1.82) is 0 Å². The number of nitrogens with zero attached hydrogens (tertiary/aromatic N) is 1. The summed E-state index contributed by atoms with van der Waals surface area (Å²) in [4.78, 5) is 4.63. The Labute approximate surface area is 86.7 Å². The third kappa shape index (κ3) is 4.08. The number of aryl methyl sites for hydroxylation is 1. The van der Waals surface area contributed by atoms with Crippen LogP contribution in [-0.2, 0) is 11.3 Å². The average Bonchev–Trinajstić information content (AvgIpc) is 2.17. The van der Waals surface area contributed by atoms with Gasteiger partial charge in [0, 0.05) is 6.42 Å². The molecule has 0 aliphatic heterocycles. The lowest BCUT2D eigenvalue weighted by molar-refractivity contribution is 0.214. The maximum atomic E-state index is 4.63. The summed E-state index contributed by atoms with van der Waals surface area (Å²) in [7, 11) is 1.55. The first kappa shape index (κ1) is 10.3. The van der Waals surface area contributed by atoms with E-state index in [1.54, 1.807) is 7.11 Å². The molecule has 0 unspecified atom stereocenters. The largest absolute Gasteiger partial charge is 0.398 e. The molecule has 0 saturated heterocycles. The van der Waals surface area contributed by atoms with Crippen molar-refractivity contribution in [3.8, 4) is 0 Å². The monoisotopic (exact) mass is 241 g/mol. The molecule has 0 amide bonds. The molecule has 13 heavy (non-hydrogen) atoms. The van der Waals surface area contributed by atoms with Crippen molar-refractivity contribution in [2.45, 2.75) is 12.8 Å². The first-order valence-corrected chi connectivity index (χ1v) is 4.91. The molecular weight excluding hydrogens is 230 g/mol. The highest BCUT2D eigenvalue weighted by Gasteiger charge is 1.96. The van der Waals surface area contributed by atoms with E-state index in [0.717, 1.165) is 17.5 Å². The van der Waals surface area contributed by atoms with Gasteiger partial charge < -0.3 is 4.84 Å². The molecule has 0 bridgehead atoms. The van der Waals surface area contributed by atoms with Gasteiger partial charge in [0.2, 0.25) is 0 Å². The van der Waals surface area contributed by atoms with Gasteiger partial charge in [-0.05, 0) is 27.9 Å². The van der Waals surface area contributed by atoms with Gasteiger partial charge in [-0.3, -0.25) is 0 Å². The van der Waals surface area contributed by atoms with E-state index < -0.39 is 0 Å². The number of benzene rings is 1. The Kier molecular flexibility index (Phi) is 4.54. The van der Waals surface area contributed by atoms with Crippen LogP contribution in [0.4, 0.5) is 0 Å². The van der Waals surface area contributed by atoms with Gasteiger partial charge in [-0.25, -0.2) is 0 Å². The quantitative estimate of drug-likeness (QED) is 0.587. The van der Waals surface area contributed by atoms with E-state index in [1.807, 2.05) is 18.2 Å². The summed E-state index contributed by atoms with van der Waals surface area (Å²) in [6.45, 7) is 0. The van der Waals surface area contributed by atoms with Crippen LogP contribution >= 0.6 is 15.9 Å². The van der Waals surface area contributed by atoms with Crippen LogP contribution in [0.25, 0.3) is 0 Å². The fourth-order valence-corrected chi connectivity index (χ4v) is 1.38. The van der Waals surface area contributed by atoms with E-state index in [4.69, 9.17) is 0 Å². The molecule has 0 aromatic heterocycles. The van der Waals surface area contributed by atoms with Gasteiger partial charge in [-0.1, -0.05) is 35.5 Å². The Hall–Kier alpha value is -0.830. The highest BCUT2D eigenvalue weighted by Crippen LogP contribution is 2.06. The van der Waals surface area contributed by atoms with E-state index in [1.165, 1.54) is 5.56 Å². The van der Waals surface area contributed by atoms with Crippen LogP contribution in [0.2, 0.25) is 0 Å². The number of hydrogen-bond donors (Lipinski definition) is 0. The van der Waals surface area contributed by atoms with Gasteiger partial charge >= 0.3 is 0 Å². The number of hydrogen-bond acceptors (Lipinski definition) is 2. The first-order valence-electron chi connectivity index (χ1n) is 4.12. The molecule has 1 aromatic carbocycles. The van der Waals surface area contributed by atoms with Gasteiger partial charge in [0.1, 0.15) is 11.7 Å². The van der Waals surface area contributed by atoms with E-state index >= 15 is 0 Å². The minimum Gasteiger partial charge on any atom is -0.398 e. The Balaban J connectivity index is 2.39. The summed E-state index contributed by atoms with van der Waals surface area (Å²) >= 11 is 3.32. The van der Waals surface area contributed by atoms with Crippen LogP contribution in [-0.4, -0.2) is 11.7 Å². The summed E-state index contributed by atoms with van der Waals surface area (Å²) in [6.07, 6.45) is 1.85. The molecule has 0 heterocycles. The van der Waals surface area contributed by atoms with Crippen molar-refractivity contribution >= 4 is 20.6 Å². The second-order valence-electron chi connectivity index (χ2n) is 2.64. The number of oxime groups is 1. The summed E-state index contributed by atoms with van der Waals surface area (Å²) in [5.41, 5.74) is 1.31. The van der Waals surface area contributed by atoms with Crippen molar-refractivity contribution in [2.75, 3.05) is 7.11 Å². The highest BCUT2D eigenvalue weighted by atomic mass is 79.9. The molecule has 1 aromatic rings. The standard InChI is InChI=1S/C10H12BrNO/c1-13-12-10(11)8-7-9-5-3-2-4-6-9/h2-6H,7-8H2,1H3/b12-10-. The summed E-state index contributed by atoms with van der Waals surface area (Å²) < 4.78 is 0.846. The fourth-order valence-electron chi connectivity index (χ4n) is 1.04. The van der Waals surface area contributed by atoms with Crippen LogP contribution in [0.3, 0.4) is 0 Å². The van der Waals surface area contributed by atoms with Crippen LogP contribution in [0.5, 0.6) is 0 Å². The SMILES string of the molecule is CO/N=C(\Br)CCc1ccccc1. The average molecular weight is 242 g/mol. The number of rotatable bonds is 4. The minimum absolute atomic E-state index is 0.846. The second-order valence-corrected chi connectivity index (χ2v) is 3.55. The lowest BCUT2D eigenvalue weighted by Crippen LogP contribution is -1.92. The zero-order valence-electron chi connectivity index (χ0n) is 7.53. The van der Waals surface area contributed by atoms with Crippen molar-refractivity contribution < 1.29 is 4.84 Å². The smallest absolute Gasteiger partial charge is 0.122 e. The van der Waals surface area contributed by atoms with E-state index in [2.05, 4.69) is 38.1 Å². The van der Waals surface area contributed by atoms with Gasteiger partial charge in [0.05, 0.1) is 0 Å². The van der Waals surface area contributed by atoms with Crippen LogP contribution in [0.1, 0.15) is 12.0 Å². The molecule has 0 aliphatic carbocycles. The van der Waals surface area contributed by atoms with Crippen molar-refractivity contribution in [1.82, 2.24) is 0 Å². The summed E-state index contributed by atoms with van der Waals surface area (Å²) in [5, 5.41) is 3.77. The Morgan fingerprint density at radius 2 is 2.08 bits per heavy atom. The molecule has 0 N–H and O–H groups in total. The van der Waals surface area contributed by atoms with Gasteiger partial charge in [-0.15, -0.1) is 0 Å². The molecule has 0 radical (unpaired) electrons. The van der Waals surface area contributed by atoms with Gasteiger partial charge in [-0.2, -0.15) is 0 Å².